The van der Waals surface area contributed by atoms with Crippen molar-refractivity contribution in [3.63, 3.8) is 0 Å². The highest BCUT2D eigenvalue weighted by Crippen LogP contribution is 2.78. The summed E-state index contributed by atoms with van der Waals surface area (Å²) in [7, 11) is 0. The van der Waals surface area contributed by atoms with Crippen LogP contribution >= 0.6 is 0 Å². The van der Waals surface area contributed by atoms with Crippen LogP contribution in [0.4, 0.5) is 0 Å². The van der Waals surface area contributed by atoms with Crippen LogP contribution in [0.3, 0.4) is 0 Å². The third kappa shape index (κ3) is 2.03. The molecule has 5 fully saturated rings. The van der Waals surface area contributed by atoms with Crippen molar-refractivity contribution in [2.75, 3.05) is 0 Å². The first-order valence-corrected chi connectivity index (χ1v) is 13.5. The van der Waals surface area contributed by atoms with E-state index in [4.69, 9.17) is 14.5 Å². The molecule has 1 saturated heterocycles. The van der Waals surface area contributed by atoms with Crippen LogP contribution in [0.5, 0.6) is 0 Å². The molecule has 0 amide bonds. The number of hydrogen-bond donors (Lipinski definition) is 4. The van der Waals surface area contributed by atoms with E-state index in [1.54, 1.807) is 33.8 Å². The van der Waals surface area contributed by atoms with Crippen LogP contribution in [0.15, 0.2) is 23.0 Å². The number of hydrogen-bond acceptors (Lipinski definition) is 9. The van der Waals surface area contributed by atoms with E-state index in [0.717, 1.165) is 0 Å². The summed E-state index contributed by atoms with van der Waals surface area (Å²) in [6, 6.07) is 0. The minimum atomic E-state index is -1.89. The van der Waals surface area contributed by atoms with Crippen LogP contribution in [0.1, 0.15) is 66.7 Å². The summed E-state index contributed by atoms with van der Waals surface area (Å²) in [5.74, 6) is -2.45. The molecule has 3 aliphatic heterocycles. The van der Waals surface area contributed by atoms with Crippen LogP contribution in [-0.4, -0.2) is 66.8 Å². The Kier molecular flexibility index (Phi) is 4.26. The summed E-state index contributed by atoms with van der Waals surface area (Å²) in [6.45, 7) is 8.74. The van der Waals surface area contributed by atoms with Gasteiger partial charge in [-0.1, -0.05) is 13.8 Å². The maximum Gasteiger partial charge on any atom is 0.334 e. The summed E-state index contributed by atoms with van der Waals surface area (Å²) < 4.78 is 6.04. The van der Waals surface area contributed by atoms with Gasteiger partial charge in [0.25, 0.3) is 0 Å². The lowest BCUT2D eigenvalue weighted by Crippen LogP contribution is -2.85. The second-order valence-corrected chi connectivity index (χ2v) is 13.3. The maximum atomic E-state index is 13.9. The highest BCUT2D eigenvalue weighted by atomic mass is 17.2. The molecule has 0 radical (unpaired) electrons. The number of carbonyl (C=O) groups excluding carboxylic acids is 2. The number of aliphatic hydroxyl groups excluding tert-OH is 2. The third-order valence-electron chi connectivity index (χ3n) is 13.0. The number of ether oxygens (including phenoxy) is 1. The van der Waals surface area contributed by atoms with Gasteiger partial charge in [-0.25, -0.2) is 4.79 Å². The molecule has 9 heteroatoms. The maximum absolute atomic E-state index is 13.9. The molecule has 9 nitrogen and oxygen atoms in total. The van der Waals surface area contributed by atoms with Crippen molar-refractivity contribution in [1.82, 2.24) is 0 Å². The molecule has 0 aromatic heterocycles. The number of ketones is 1. The van der Waals surface area contributed by atoms with Crippen molar-refractivity contribution in [3.8, 4) is 0 Å². The average Bonchev–Trinajstić information content (AvgIpc) is 3.29. The zero-order valence-electron chi connectivity index (χ0n) is 21.9. The molecule has 5 aliphatic carbocycles. The van der Waals surface area contributed by atoms with Crippen molar-refractivity contribution in [1.29, 1.82) is 0 Å². The Hall–Kier alpha value is -1.78. The smallest absolute Gasteiger partial charge is 0.334 e. The van der Waals surface area contributed by atoms with Crippen molar-refractivity contribution in [2.24, 2.45) is 34.5 Å². The number of carbonyl (C=O) groups is 2. The van der Waals surface area contributed by atoms with E-state index in [-0.39, 0.29) is 29.8 Å². The van der Waals surface area contributed by atoms with Gasteiger partial charge < -0.3 is 30.1 Å². The fourth-order valence-electron chi connectivity index (χ4n) is 10.8. The largest absolute Gasteiger partial charge is 0.445 e. The first kappa shape index (κ1) is 24.3. The highest BCUT2D eigenvalue weighted by Gasteiger charge is 2.87. The van der Waals surface area contributed by atoms with Crippen LogP contribution in [0.25, 0.3) is 0 Å². The Bertz CT molecular complexity index is 1220. The third-order valence-corrected chi connectivity index (χ3v) is 13.0. The lowest BCUT2D eigenvalue weighted by molar-refractivity contribution is -0.427. The molecule has 2 bridgehead atoms. The molecule has 202 valence electrons. The predicted octanol–water partition coefficient (Wildman–Crippen LogP) is 1.47. The summed E-state index contributed by atoms with van der Waals surface area (Å²) in [6.07, 6.45) is 0.824. The van der Waals surface area contributed by atoms with E-state index >= 15 is 0 Å². The minimum Gasteiger partial charge on any atom is -0.445 e. The van der Waals surface area contributed by atoms with Gasteiger partial charge in [0, 0.05) is 23.3 Å². The number of aliphatic hydroxyl groups is 4. The van der Waals surface area contributed by atoms with E-state index in [1.807, 2.05) is 6.92 Å². The number of esters is 1. The topological polar surface area (TPSA) is 143 Å². The molecule has 0 aromatic carbocycles. The van der Waals surface area contributed by atoms with Gasteiger partial charge in [0.1, 0.15) is 11.7 Å². The van der Waals surface area contributed by atoms with E-state index in [1.165, 1.54) is 0 Å². The lowest BCUT2D eigenvalue weighted by atomic mass is 9.34. The molecule has 12 atom stereocenters. The first-order valence-electron chi connectivity index (χ1n) is 13.5. The Morgan fingerprint density at radius 2 is 1.78 bits per heavy atom. The predicted molar refractivity (Wildman–Crippen MR) is 126 cm³/mol. The standard InChI is InChI=1S/C28H36O9/c1-12-13(2)28(35-22(12)32)20(30)14(3)25(33)8-6-16-15-10-19(29)26-9-7-18(36-37-26)21(31)23(26,4)17(15)11-27(28,34)24(16,25)5/h7,14-17,19-20,29-30,33-34H,6,8-11H2,1-5H3/t14-,15+,16+,17+,19-,20-,23+,24+,25-,26+,27-,28+/m1/s1. The molecule has 8 aliphatic rings. The molecule has 4 saturated carbocycles. The zero-order valence-corrected chi connectivity index (χ0v) is 21.9. The minimum absolute atomic E-state index is 0.0119. The molecule has 8 rings (SSSR count). The Balaban J connectivity index is 1.50. The summed E-state index contributed by atoms with van der Waals surface area (Å²) in [5.41, 5.74) is -8.02. The normalized spacial score (nSPS) is 59.5. The van der Waals surface area contributed by atoms with Crippen LogP contribution < -0.4 is 0 Å². The fraction of sp³-hybridized carbons (Fsp3) is 0.786. The van der Waals surface area contributed by atoms with Gasteiger partial charge in [0.05, 0.1) is 17.1 Å². The van der Waals surface area contributed by atoms with E-state index < -0.39 is 63.2 Å². The van der Waals surface area contributed by atoms with Gasteiger partial charge in [0.15, 0.2) is 11.2 Å². The molecular formula is C28H36O9. The van der Waals surface area contributed by atoms with Crippen LogP contribution in [-0.2, 0) is 24.1 Å². The molecular weight excluding hydrogens is 480 g/mol. The van der Waals surface area contributed by atoms with Crippen molar-refractivity contribution in [3.05, 3.63) is 23.0 Å². The van der Waals surface area contributed by atoms with Gasteiger partial charge in [0.2, 0.25) is 11.5 Å². The van der Waals surface area contributed by atoms with Crippen LogP contribution in [0, 0.1) is 34.5 Å². The van der Waals surface area contributed by atoms with Gasteiger partial charge in [-0.15, -0.1) is 0 Å². The second-order valence-electron chi connectivity index (χ2n) is 13.3. The van der Waals surface area contributed by atoms with Crippen LogP contribution in [0.2, 0.25) is 0 Å². The summed E-state index contributed by atoms with van der Waals surface area (Å²) in [4.78, 5) is 37.9. The van der Waals surface area contributed by atoms with Gasteiger partial charge in [-0.05, 0) is 75.9 Å². The average molecular weight is 517 g/mol. The zero-order chi connectivity index (χ0) is 26.7. The van der Waals surface area contributed by atoms with Crippen molar-refractivity contribution >= 4 is 11.8 Å². The lowest BCUT2D eigenvalue weighted by Gasteiger charge is -2.73. The quantitative estimate of drug-likeness (QED) is 0.278. The number of allylic oxidation sites excluding steroid dienone is 1. The highest BCUT2D eigenvalue weighted by molar-refractivity contribution is 6.01. The molecule has 3 heterocycles. The van der Waals surface area contributed by atoms with Gasteiger partial charge in [-0.2, -0.15) is 4.89 Å². The molecule has 0 aromatic rings. The van der Waals surface area contributed by atoms with Gasteiger partial charge >= 0.3 is 5.97 Å². The van der Waals surface area contributed by atoms with E-state index in [2.05, 4.69) is 0 Å². The summed E-state index contributed by atoms with van der Waals surface area (Å²) in [5, 5.41) is 48.8. The molecule has 4 N–H and O–H groups in total. The Morgan fingerprint density at radius 1 is 1.08 bits per heavy atom. The Labute approximate surface area is 215 Å². The molecule has 0 unspecified atom stereocenters. The van der Waals surface area contributed by atoms with Crippen molar-refractivity contribution in [2.45, 2.75) is 101 Å². The first-order chi connectivity index (χ1) is 17.2. The van der Waals surface area contributed by atoms with Gasteiger partial charge in [-0.3, -0.25) is 4.79 Å². The Morgan fingerprint density at radius 3 is 2.38 bits per heavy atom. The molecule has 2 spiro atoms. The number of rotatable bonds is 0. The second kappa shape index (κ2) is 6.50. The monoisotopic (exact) mass is 516 g/mol. The summed E-state index contributed by atoms with van der Waals surface area (Å²) >= 11 is 0. The fourth-order valence-corrected chi connectivity index (χ4v) is 10.8. The van der Waals surface area contributed by atoms with E-state index in [9.17, 15) is 30.0 Å². The van der Waals surface area contributed by atoms with Crippen molar-refractivity contribution < 1.29 is 44.5 Å². The molecule has 37 heavy (non-hydrogen) atoms. The SMILES string of the molecule is CC1=C(C)[C@]2(OC1=O)[C@H](O)[C@@H](C)[C@]1(O)CC[C@H]3[C@@H]4C[C@@H](O)[C@]56CC=C(OO5)C(=O)[C@]6(C)[C@H]4C[C@@]2(O)[C@@]31C. The number of fused-ring (bicyclic) bond motifs is 5. The van der Waals surface area contributed by atoms with E-state index in [0.29, 0.717) is 36.8 Å². The number of Topliss-reactive ketones (excluding diaryl/α,β-unsaturated/α-hetero) is 1.